The maximum Gasteiger partial charge on any atom is 0.0541 e. The van der Waals surface area contributed by atoms with Crippen molar-refractivity contribution < 1.29 is 0 Å². The predicted molar refractivity (Wildman–Crippen MR) is 292 cm³/mol. The number of anilines is 4. The molecule has 0 radical (unpaired) electrons. The Bertz CT molecular complexity index is 3870. The minimum atomic E-state index is -0.131. The van der Waals surface area contributed by atoms with E-state index < -0.39 is 0 Å². The average molecular weight is 886 g/mol. The molecule has 13 rings (SSSR count). The SMILES string of the molecule is CC1CC(N(c2ccccc2)c2ccc3c(c2)C(C)(C)c2ccccc2-3)=CC(c2ccc3c(c2)c2ccccc2n3-c2ccc3ccccc3c2)=C1N(c1ccccc1)c1ccc2ccccc2c1. The first-order valence-corrected chi connectivity index (χ1v) is 24.3. The first kappa shape index (κ1) is 40.8. The van der Waals surface area contributed by atoms with Gasteiger partial charge in [0.25, 0.3) is 0 Å². The van der Waals surface area contributed by atoms with Crippen molar-refractivity contribution in [3.05, 3.63) is 265 Å². The van der Waals surface area contributed by atoms with Crippen molar-refractivity contribution in [2.45, 2.75) is 32.6 Å². The van der Waals surface area contributed by atoms with Gasteiger partial charge < -0.3 is 14.4 Å². The summed E-state index contributed by atoms with van der Waals surface area (Å²) in [6, 6.07) is 85.2. The molecule has 0 aliphatic heterocycles. The molecule has 3 nitrogen and oxygen atoms in total. The molecular weight excluding hydrogens is 835 g/mol. The van der Waals surface area contributed by atoms with Gasteiger partial charge >= 0.3 is 0 Å². The summed E-state index contributed by atoms with van der Waals surface area (Å²) in [6.45, 7) is 7.18. The topological polar surface area (TPSA) is 11.4 Å². The van der Waals surface area contributed by atoms with Gasteiger partial charge in [-0.3, -0.25) is 0 Å². The molecule has 69 heavy (non-hydrogen) atoms. The zero-order valence-corrected chi connectivity index (χ0v) is 39.1. The molecule has 330 valence electrons. The van der Waals surface area contributed by atoms with E-state index in [1.165, 1.54) is 93.8 Å². The number of benzene rings is 10. The molecule has 0 amide bonds. The van der Waals surface area contributed by atoms with E-state index in [1.807, 2.05) is 0 Å². The molecule has 1 unspecified atom stereocenters. The van der Waals surface area contributed by atoms with Crippen LogP contribution in [0.2, 0.25) is 0 Å². The van der Waals surface area contributed by atoms with Crippen LogP contribution in [-0.2, 0) is 5.41 Å². The number of aromatic nitrogens is 1. The summed E-state index contributed by atoms with van der Waals surface area (Å²) in [7, 11) is 0. The Morgan fingerprint density at radius 2 is 1.01 bits per heavy atom. The fourth-order valence-electron chi connectivity index (χ4n) is 11.6. The highest BCUT2D eigenvalue weighted by molar-refractivity contribution is 6.11. The van der Waals surface area contributed by atoms with E-state index in [9.17, 15) is 0 Å². The summed E-state index contributed by atoms with van der Waals surface area (Å²) in [4.78, 5) is 5.06. The maximum absolute atomic E-state index is 2.53. The Hall–Kier alpha value is -8.40. The van der Waals surface area contributed by atoms with Crippen LogP contribution < -0.4 is 9.80 Å². The van der Waals surface area contributed by atoms with Crippen molar-refractivity contribution in [2.24, 2.45) is 5.92 Å². The zero-order chi connectivity index (χ0) is 46.2. The summed E-state index contributed by atoms with van der Waals surface area (Å²) < 4.78 is 2.44. The third kappa shape index (κ3) is 6.72. The van der Waals surface area contributed by atoms with Gasteiger partial charge in [0.15, 0.2) is 0 Å². The van der Waals surface area contributed by atoms with Crippen molar-refractivity contribution in [1.29, 1.82) is 0 Å². The van der Waals surface area contributed by atoms with Crippen LogP contribution in [0.25, 0.3) is 65.7 Å². The highest BCUT2D eigenvalue weighted by Crippen LogP contribution is 2.52. The van der Waals surface area contributed by atoms with Crippen LogP contribution in [0, 0.1) is 5.92 Å². The lowest BCUT2D eigenvalue weighted by atomic mass is 9.82. The normalized spacial score (nSPS) is 15.1. The van der Waals surface area contributed by atoms with Crippen LogP contribution in [0.4, 0.5) is 22.7 Å². The molecule has 0 saturated heterocycles. The van der Waals surface area contributed by atoms with E-state index in [1.54, 1.807) is 0 Å². The van der Waals surface area contributed by atoms with E-state index in [2.05, 4.69) is 272 Å². The number of hydrogen-bond acceptors (Lipinski definition) is 2. The Balaban J connectivity index is 1.07. The number of fused-ring (bicyclic) bond motifs is 8. The lowest BCUT2D eigenvalue weighted by Gasteiger charge is -2.39. The van der Waals surface area contributed by atoms with E-state index in [0.717, 1.165) is 29.2 Å². The second kappa shape index (κ2) is 16.1. The second-order valence-electron chi connectivity index (χ2n) is 19.4. The smallest absolute Gasteiger partial charge is 0.0541 e. The highest BCUT2D eigenvalue weighted by Gasteiger charge is 2.37. The van der Waals surface area contributed by atoms with Crippen LogP contribution in [0.3, 0.4) is 0 Å². The van der Waals surface area contributed by atoms with Crippen LogP contribution >= 0.6 is 0 Å². The van der Waals surface area contributed by atoms with Crippen molar-refractivity contribution in [1.82, 2.24) is 4.57 Å². The van der Waals surface area contributed by atoms with Gasteiger partial charge in [-0.2, -0.15) is 0 Å². The third-order valence-corrected chi connectivity index (χ3v) is 14.9. The standard InChI is InChI=1S/C66H51N3/c1-44-38-55(67(50-22-6-4-7-23-50)54-35-36-57-56-26-14-16-28-61(56)66(2,3)62(57)43-54)42-59(65(44)68(51-24-8-5-9-25-51)52-33-30-45-18-10-12-20-47(45)39-52)49-32-37-64-60(41-49)58-27-15-17-29-63(58)69(64)53-34-31-46-19-11-13-21-48(46)40-53/h4-37,39-44H,38H2,1-3H3. The van der Waals surface area contributed by atoms with Gasteiger partial charge in [-0.05, 0) is 141 Å². The molecular formula is C66H51N3. The van der Waals surface area contributed by atoms with Gasteiger partial charge in [0.05, 0.1) is 11.0 Å². The monoisotopic (exact) mass is 885 g/mol. The molecule has 0 saturated carbocycles. The Morgan fingerprint density at radius 1 is 0.435 bits per heavy atom. The first-order chi connectivity index (χ1) is 33.9. The van der Waals surface area contributed by atoms with E-state index >= 15 is 0 Å². The maximum atomic E-state index is 2.53. The van der Waals surface area contributed by atoms with Crippen LogP contribution in [0.1, 0.15) is 43.9 Å². The Morgan fingerprint density at radius 3 is 1.78 bits per heavy atom. The Labute approximate surface area is 404 Å². The van der Waals surface area contributed by atoms with E-state index in [4.69, 9.17) is 0 Å². The number of nitrogens with zero attached hydrogens (tertiary/aromatic N) is 3. The quantitative estimate of drug-likeness (QED) is 0.151. The number of para-hydroxylation sites is 3. The lowest BCUT2D eigenvalue weighted by Crippen LogP contribution is -2.29. The van der Waals surface area contributed by atoms with Gasteiger partial charge in [-0.15, -0.1) is 0 Å². The second-order valence-corrected chi connectivity index (χ2v) is 19.4. The average Bonchev–Trinajstić information content (AvgIpc) is 3.85. The zero-order valence-electron chi connectivity index (χ0n) is 39.1. The summed E-state index contributed by atoms with van der Waals surface area (Å²) in [5, 5.41) is 7.39. The molecule has 0 bridgehead atoms. The van der Waals surface area contributed by atoms with E-state index in [0.29, 0.717) is 0 Å². The minimum absolute atomic E-state index is 0.114. The van der Waals surface area contributed by atoms with Crippen molar-refractivity contribution >= 4 is 71.7 Å². The highest BCUT2D eigenvalue weighted by atomic mass is 15.2. The summed E-state index contributed by atoms with van der Waals surface area (Å²) in [6.07, 6.45) is 3.34. The molecule has 1 heterocycles. The molecule has 11 aromatic rings. The van der Waals surface area contributed by atoms with Crippen LogP contribution in [0.5, 0.6) is 0 Å². The van der Waals surface area contributed by atoms with Crippen molar-refractivity contribution in [2.75, 3.05) is 9.80 Å². The van der Waals surface area contributed by atoms with Crippen molar-refractivity contribution in [3.8, 4) is 16.8 Å². The van der Waals surface area contributed by atoms with Crippen LogP contribution in [0.15, 0.2) is 248 Å². The summed E-state index contributed by atoms with van der Waals surface area (Å²) in [5.74, 6) is 0.114. The fraction of sp³-hybridized carbons (Fsp3) is 0.0909. The predicted octanol–water partition coefficient (Wildman–Crippen LogP) is 17.7. The first-order valence-electron chi connectivity index (χ1n) is 24.3. The number of rotatable bonds is 8. The number of hydrogen-bond donors (Lipinski definition) is 0. The Kier molecular flexibility index (Phi) is 9.55. The molecule has 0 N–H and O–H groups in total. The summed E-state index contributed by atoms with van der Waals surface area (Å²) in [5.41, 5.74) is 18.3. The van der Waals surface area contributed by atoms with Crippen LogP contribution in [-0.4, -0.2) is 4.57 Å². The van der Waals surface area contributed by atoms with Gasteiger partial charge in [0.2, 0.25) is 0 Å². The molecule has 2 aliphatic carbocycles. The molecule has 1 aromatic heterocycles. The minimum Gasteiger partial charge on any atom is -0.314 e. The summed E-state index contributed by atoms with van der Waals surface area (Å²) >= 11 is 0. The molecule has 2 aliphatic rings. The van der Waals surface area contributed by atoms with Gasteiger partial charge in [-0.1, -0.05) is 172 Å². The molecule has 10 aromatic carbocycles. The molecule has 1 atom stereocenters. The largest absolute Gasteiger partial charge is 0.314 e. The lowest BCUT2D eigenvalue weighted by molar-refractivity contribution is 0.643. The van der Waals surface area contributed by atoms with Gasteiger partial charge in [0, 0.05) is 67.5 Å². The number of allylic oxidation sites excluding steroid dienone is 4. The van der Waals surface area contributed by atoms with E-state index in [-0.39, 0.29) is 11.3 Å². The fourth-order valence-corrected chi connectivity index (χ4v) is 11.6. The third-order valence-electron chi connectivity index (χ3n) is 14.9. The molecule has 3 heteroatoms. The molecule has 0 fully saturated rings. The van der Waals surface area contributed by atoms with Gasteiger partial charge in [0.1, 0.15) is 0 Å². The molecule has 0 spiro atoms. The van der Waals surface area contributed by atoms with Gasteiger partial charge in [-0.25, -0.2) is 0 Å². The van der Waals surface area contributed by atoms with Crippen molar-refractivity contribution in [3.63, 3.8) is 0 Å².